The minimum atomic E-state index is -0.590. The summed E-state index contributed by atoms with van der Waals surface area (Å²) < 4.78 is 5.27. The molecular formula is C19H20Cl2N2O2. The van der Waals surface area contributed by atoms with Gasteiger partial charge in [0.25, 0.3) is 0 Å². The zero-order valence-corrected chi connectivity index (χ0v) is 16.1. The van der Waals surface area contributed by atoms with Crippen molar-refractivity contribution >= 4 is 29.2 Å². The molecule has 0 amide bonds. The Morgan fingerprint density at radius 2 is 2.08 bits per heavy atom. The first-order valence-corrected chi connectivity index (χ1v) is 8.81. The van der Waals surface area contributed by atoms with Crippen molar-refractivity contribution < 1.29 is 9.53 Å². The highest BCUT2D eigenvalue weighted by Crippen LogP contribution is 2.42. The van der Waals surface area contributed by atoms with Crippen molar-refractivity contribution in [1.29, 1.82) is 5.26 Å². The molecule has 132 valence electrons. The first kappa shape index (κ1) is 19.4. The Balaban J connectivity index is 2.76. The fourth-order valence-electron chi connectivity index (χ4n) is 2.94. The van der Waals surface area contributed by atoms with E-state index in [1.165, 1.54) is 0 Å². The average molecular weight is 379 g/mol. The molecule has 1 aliphatic rings. The zero-order valence-electron chi connectivity index (χ0n) is 14.6. The fourth-order valence-corrected chi connectivity index (χ4v) is 3.46. The lowest BCUT2D eigenvalue weighted by atomic mass is 9.79. The van der Waals surface area contributed by atoms with Gasteiger partial charge in [-0.3, -0.25) is 0 Å². The number of hydrogen-bond donors (Lipinski definition) is 1. The third-order valence-electron chi connectivity index (χ3n) is 4.06. The first-order valence-electron chi connectivity index (χ1n) is 8.05. The molecule has 25 heavy (non-hydrogen) atoms. The average Bonchev–Trinajstić information content (AvgIpc) is 2.54. The van der Waals surface area contributed by atoms with E-state index in [0.29, 0.717) is 32.5 Å². The number of rotatable bonds is 4. The number of nitrogens with one attached hydrogen (secondary N) is 1. The highest BCUT2D eigenvalue weighted by Gasteiger charge is 2.37. The first-order chi connectivity index (χ1) is 11.8. The van der Waals surface area contributed by atoms with Crippen LogP contribution in [0.15, 0.2) is 40.7 Å². The van der Waals surface area contributed by atoms with Gasteiger partial charge in [-0.15, -0.1) is 0 Å². The number of carbonyl (C=O) groups is 1. The van der Waals surface area contributed by atoms with Gasteiger partial charge in [0.15, 0.2) is 0 Å². The van der Waals surface area contributed by atoms with E-state index < -0.39 is 11.9 Å². The normalized spacial score (nSPS) is 17.4. The van der Waals surface area contributed by atoms with E-state index in [1.54, 1.807) is 25.1 Å². The van der Waals surface area contributed by atoms with Gasteiger partial charge in [-0.2, -0.15) is 5.26 Å². The number of halogens is 2. The molecule has 0 radical (unpaired) electrons. The van der Waals surface area contributed by atoms with Crippen molar-refractivity contribution in [3.63, 3.8) is 0 Å². The molecule has 0 spiro atoms. The summed E-state index contributed by atoms with van der Waals surface area (Å²) in [6.45, 7) is 7.78. The maximum Gasteiger partial charge on any atom is 0.336 e. The molecule has 2 rings (SSSR count). The maximum atomic E-state index is 12.7. The molecule has 0 fully saturated rings. The Labute approximate surface area is 158 Å². The lowest BCUT2D eigenvalue weighted by molar-refractivity contribution is -0.138. The van der Waals surface area contributed by atoms with Gasteiger partial charge in [0, 0.05) is 21.4 Å². The minimum Gasteiger partial charge on any atom is -0.463 e. The van der Waals surface area contributed by atoms with Crippen molar-refractivity contribution in [3.8, 4) is 6.07 Å². The Hall–Kier alpha value is -1.96. The monoisotopic (exact) mass is 378 g/mol. The van der Waals surface area contributed by atoms with Gasteiger partial charge < -0.3 is 10.1 Å². The van der Waals surface area contributed by atoms with Gasteiger partial charge in [0.2, 0.25) is 0 Å². The largest absolute Gasteiger partial charge is 0.463 e. The third-order valence-corrected chi connectivity index (χ3v) is 4.62. The van der Waals surface area contributed by atoms with Crippen LogP contribution in [0.2, 0.25) is 10.0 Å². The predicted octanol–water partition coefficient (Wildman–Crippen LogP) is 4.95. The SMILES string of the molecule is CCOC(=O)C1=C(C(C)C)NC(C)=C(C#N)C1c1ccc(Cl)cc1Cl. The molecule has 1 unspecified atom stereocenters. The fraction of sp³-hybridized carbons (Fsp3) is 0.368. The quantitative estimate of drug-likeness (QED) is 0.752. The van der Waals surface area contributed by atoms with Crippen molar-refractivity contribution in [2.24, 2.45) is 5.92 Å². The molecule has 1 aliphatic heterocycles. The molecule has 1 aromatic carbocycles. The second-order valence-electron chi connectivity index (χ2n) is 6.08. The summed E-state index contributed by atoms with van der Waals surface area (Å²) in [5.41, 5.74) is 2.96. The van der Waals surface area contributed by atoms with Gasteiger partial charge in [-0.1, -0.05) is 43.1 Å². The van der Waals surface area contributed by atoms with Crippen LogP contribution in [0.25, 0.3) is 0 Å². The highest BCUT2D eigenvalue weighted by atomic mass is 35.5. The van der Waals surface area contributed by atoms with Crippen LogP contribution >= 0.6 is 23.2 Å². The van der Waals surface area contributed by atoms with Crippen LogP contribution in [-0.2, 0) is 9.53 Å². The molecule has 0 saturated carbocycles. The number of hydrogen-bond acceptors (Lipinski definition) is 4. The number of dihydropyridines is 1. The topological polar surface area (TPSA) is 62.1 Å². The third kappa shape index (κ3) is 3.84. The molecular weight excluding hydrogens is 359 g/mol. The van der Waals surface area contributed by atoms with Crippen molar-refractivity contribution in [1.82, 2.24) is 5.32 Å². The number of benzene rings is 1. The van der Waals surface area contributed by atoms with Crippen molar-refractivity contribution in [2.75, 3.05) is 6.61 Å². The van der Waals surface area contributed by atoms with E-state index in [4.69, 9.17) is 27.9 Å². The van der Waals surface area contributed by atoms with Gasteiger partial charge >= 0.3 is 5.97 Å². The molecule has 0 bridgehead atoms. The van der Waals surface area contributed by atoms with Gasteiger partial charge in [-0.05, 0) is 37.5 Å². The maximum absolute atomic E-state index is 12.7. The molecule has 4 nitrogen and oxygen atoms in total. The van der Waals surface area contributed by atoms with E-state index in [0.717, 1.165) is 5.70 Å². The lowest BCUT2D eigenvalue weighted by Crippen LogP contribution is -2.32. The second-order valence-corrected chi connectivity index (χ2v) is 6.92. The summed E-state index contributed by atoms with van der Waals surface area (Å²) in [6, 6.07) is 7.28. The van der Waals surface area contributed by atoms with Crippen LogP contribution in [0.4, 0.5) is 0 Å². The number of esters is 1. The summed E-state index contributed by atoms with van der Waals surface area (Å²) in [5.74, 6) is -0.995. The van der Waals surface area contributed by atoms with Crippen molar-refractivity contribution in [3.05, 3.63) is 56.3 Å². The Morgan fingerprint density at radius 3 is 2.60 bits per heavy atom. The Kier molecular flexibility index (Phi) is 6.16. The Morgan fingerprint density at radius 1 is 1.40 bits per heavy atom. The smallest absolute Gasteiger partial charge is 0.336 e. The van der Waals surface area contributed by atoms with E-state index in [2.05, 4.69) is 11.4 Å². The molecule has 1 N–H and O–H groups in total. The highest BCUT2D eigenvalue weighted by molar-refractivity contribution is 6.35. The van der Waals surface area contributed by atoms with Crippen LogP contribution in [-0.4, -0.2) is 12.6 Å². The van der Waals surface area contributed by atoms with Crippen LogP contribution < -0.4 is 5.32 Å². The number of ether oxygens (including phenoxy) is 1. The van der Waals surface area contributed by atoms with Gasteiger partial charge in [0.1, 0.15) is 0 Å². The molecule has 0 aliphatic carbocycles. The standard InChI is InChI=1S/C19H20Cl2N2O2/c1-5-25-19(24)17-16(13-7-6-12(20)8-15(13)21)14(9-22)11(4)23-18(17)10(2)3/h6-8,10,16,23H,5H2,1-4H3. The number of allylic oxidation sites excluding steroid dienone is 3. The molecule has 1 heterocycles. The molecule has 6 heteroatoms. The second kappa shape index (κ2) is 7.95. The summed E-state index contributed by atoms with van der Waals surface area (Å²) >= 11 is 12.4. The summed E-state index contributed by atoms with van der Waals surface area (Å²) in [6.07, 6.45) is 0. The number of nitriles is 1. The van der Waals surface area contributed by atoms with Crippen LogP contribution in [0.5, 0.6) is 0 Å². The van der Waals surface area contributed by atoms with E-state index in [9.17, 15) is 10.1 Å². The number of carbonyl (C=O) groups excluding carboxylic acids is 1. The number of nitrogens with zero attached hydrogens (tertiary/aromatic N) is 1. The van der Waals surface area contributed by atoms with Gasteiger partial charge in [-0.25, -0.2) is 4.79 Å². The summed E-state index contributed by atoms with van der Waals surface area (Å²) in [5, 5.41) is 13.8. The van der Waals surface area contributed by atoms with E-state index >= 15 is 0 Å². The zero-order chi connectivity index (χ0) is 18.7. The van der Waals surface area contributed by atoms with Crippen LogP contribution in [0.3, 0.4) is 0 Å². The van der Waals surface area contributed by atoms with E-state index in [-0.39, 0.29) is 12.5 Å². The summed E-state index contributed by atoms with van der Waals surface area (Å²) in [7, 11) is 0. The Bertz CT molecular complexity index is 804. The molecule has 1 aromatic rings. The van der Waals surface area contributed by atoms with Crippen molar-refractivity contribution in [2.45, 2.75) is 33.6 Å². The molecule has 0 saturated heterocycles. The van der Waals surface area contributed by atoms with Crippen LogP contribution in [0.1, 0.15) is 39.2 Å². The van der Waals surface area contributed by atoms with Gasteiger partial charge in [0.05, 0.1) is 29.7 Å². The van der Waals surface area contributed by atoms with E-state index in [1.807, 2.05) is 20.8 Å². The lowest BCUT2D eigenvalue weighted by Gasteiger charge is -2.31. The van der Waals surface area contributed by atoms with Crippen LogP contribution in [0, 0.1) is 17.2 Å². The minimum absolute atomic E-state index is 0.0446. The molecule has 0 aromatic heterocycles. The summed E-state index contributed by atoms with van der Waals surface area (Å²) in [4.78, 5) is 12.7. The predicted molar refractivity (Wildman–Crippen MR) is 99.1 cm³/mol. The molecule has 1 atom stereocenters.